The molecule has 1 N–H and O–H groups in total. The summed E-state index contributed by atoms with van der Waals surface area (Å²) in [6.45, 7) is 10.0. The van der Waals surface area contributed by atoms with Crippen LogP contribution in [0.1, 0.15) is 46.2 Å². The standard InChI is InChI=1S/C14H26BrN3/c1-6-9-18-12(11(15)10-17-18)7-8-13(16-5)14(2,3)4/h10,13,16H,6-9H2,1-5H3. The highest BCUT2D eigenvalue weighted by atomic mass is 79.9. The second kappa shape index (κ2) is 6.71. The first-order valence-electron chi connectivity index (χ1n) is 6.77. The largest absolute Gasteiger partial charge is 0.316 e. The van der Waals surface area contributed by atoms with Crippen LogP contribution in [0.15, 0.2) is 10.7 Å². The molecule has 1 heterocycles. The Bertz CT molecular complexity index is 366. The van der Waals surface area contributed by atoms with Crippen molar-refractivity contribution in [3.05, 3.63) is 16.4 Å². The molecule has 1 unspecified atom stereocenters. The molecular weight excluding hydrogens is 290 g/mol. The molecule has 3 nitrogen and oxygen atoms in total. The minimum absolute atomic E-state index is 0.289. The Morgan fingerprint density at radius 2 is 2.11 bits per heavy atom. The summed E-state index contributed by atoms with van der Waals surface area (Å²) in [5.74, 6) is 0. The Morgan fingerprint density at radius 1 is 1.44 bits per heavy atom. The SMILES string of the molecule is CCCn1ncc(Br)c1CCC(NC)C(C)(C)C. The van der Waals surface area contributed by atoms with E-state index in [-0.39, 0.29) is 5.41 Å². The van der Waals surface area contributed by atoms with Gasteiger partial charge in [-0.15, -0.1) is 0 Å². The third-order valence-electron chi connectivity index (χ3n) is 3.40. The molecule has 104 valence electrons. The fraction of sp³-hybridized carbons (Fsp3) is 0.786. The molecule has 4 heteroatoms. The van der Waals surface area contributed by atoms with Gasteiger partial charge in [-0.2, -0.15) is 5.10 Å². The zero-order chi connectivity index (χ0) is 13.8. The van der Waals surface area contributed by atoms with E-state index in [1.807, 2.05) is 13.2 Å². The summed E-state index contributed by atoms with van der Waals surface area (Å²) in [7, 11) is 2.05. The third kappa shape index (κ3) is 4.09. The van der Waals surface area contributed by atoms with Crippen molar-refractivity contribution >= 4 is 15.9 Å². The highest BCUT2D eigenvalue weighted by Crippen LogP contribution is 2.25. The summed E-state index contributed by atoms with van der Waals surface area (Å²) in [6, 6.07) is 0.523. The van der Waals surface area contributed by atoms with E-state index in [1.54, 1.807) is 0 Å². The number of rotatable bonds is 6. The van der Waals surface area contributed by atoms with Gasteiger partial charge in [-0.1, -0.05) is 27.7 Å². The van der Waals surface area contributed by atoms with Crippen molar-refractivity contribution in [2.75, 3.05) is 7.05 Å². The van der Waals surface area contributed by atoms with Crippen molar-refractivity contribution in [3.8, 4) is 0 Å². The number of nitrogens with one attached hydrogen (secondary N) is 1. The molecule has 0 bridgehead atoms. The van der Waals surface area contributed by atoms with Crippen LogP contribution in [0.2, 0.25) is 0 Å². The predicted octanol–water partition coefficient (Wildman–Crippen LogP) is 3.62. The fourth-order valence-corrected chi connectivity index (χ4v) is 2.83. The lowest BCUT2D eigenvalue weighted by Gasteiger charge is -2.30. The van der Waals surface area contributed by atoms with Gasteiger partial charge in [-0.05, 0) is 47.7 Å². The van der Waals surface area contributed by atoms with Gasteiger partial charge in [-0.3, -0.25) is 4.68 Å². The average Bonchev–Trinajstić information content (AvgIpc) is 2.60. The summed E-state index contributed by atoms with van der Waals surface area (Å²) < 4.78 is 3.26. The van der Waals surface area contributed by atoms with Crippen molar-refractivity contribution in [1.29, 1.82) is 0 Å². The van der Waals surface area contributed by atoms with Crippen molar-refractivity contribution in [3.63, 3.8) is 0 Å². The minimum atomic E-state index is 0.289. The Morgan fingerprint density at radius 3 is 2.61 bits per heavy atom. The summed E-state index contributed by atoms with van der Waals surface area (Å²) in [4.78, 5) is 0. The first-order valence-corrected chi connectivity index (χ1v) is 7.56. The molecule has 0 fully saturated rings. The van der Waals surface area contributed by atoms with Crippen LogP contribution in [0.3, 0.4) is 0 Å². The normalized spacial score (nSPS) is 13.9. The summed E-state index contributed by atoms with van der Waals surface area (Å²) in [5.41, 5.74) is 1.61. The smallest absolute Gasteiger partial charge is 0.0635 e. The molecule has 0 spiro atoms. The van der Waals surface area contributed by atoms with Crippen LogP contribution in [0.5, 0.6) is 0 Å². The molecule has 0 aliphatic heterocycles. The van der Waals surface area contributed by atoms with Crippen LogP contribution in [0.25, 0.3) is 0 Å². The van der Waals surface area contributed by atoms with Crippen molar-refractivity contribution in [2.45, 2.75) is 59.5 Å². The molecule has 1 aromatic rings. The summed E-state index contributed by atoms with van der Waals surface area (Å²) >= 11 is 3.61. The molecule has 0 saturated heterocycles. The van der Waals surface area contributed by atoms with Crippen LogP contribution < -0.4 is 5.32 Å². The minimum Gasteiger partial charge on any atom is -0.316 e. The van der Waals surface area contributed by atoms with E-state index in [0.29, 0.717) is 6.04 Å². The van der Waals surface area contributed by atoms with Gasteiger partial charge in [0.05, 0.1) is 16.4 Å². The highest BCUT2D eigenvalue weighted by Gasteiger charge is 2.23. The number of nitrogens with zero attached hydrogens (tertiary/aromatic N) is 2. The first-order chi connectivity index (χ1) is 8.40. The van der Waals surface area contributed by atoms with Crippen LogP contribution in [-0.4, -0.2) is 22.9 Å². The van der Waals surface area contributed by atoms with E-state index in [9.17, 15) is 0 Å². The zero-order valence-electron chi connectivity index (χ0n) is 12.3. The molecule has 1 aromatic heterocycles. The van der Waals surface area contributed by atoms with Crippen LogP contribution in [-0.2, 0) is 13.0 Å². The molecule has 1 rings (SSSR count). The molecular formula is C14H26BrN3. The monoisotopic (exact) mass is 315 g/mol. The number of hydrogen-bond acceptors (Lipinski definition) is 2. The van der Waals surface area contributed by atoms with Gasteiger partial charge < -0.3 is 5.32 Å². The average molecular weight is 316 g/mol. The Labute approximate surface area is 119 Å². The second-order valence-corrected chi connectivity index (χ2v) is 6.76. The molecule has 0 aliphatic carbocycles. The molecule has 18 heavy (non-hydrogen) atoms. The van der Waals surface area contributed by atoms with Crippen LogP contribution in [0, 0.1) is 5.41 Å². The van der Waals surface area contributed by atoms with E-state index in [1.165, 1.54) is 5.69 Å². The molecule has 0 aromatic carbocycles. The van der Waals surface area contributed by atoms with E-state index in [0.717, 1.165) is 30.3 Å². The van der Waals surface area contributed by atoms with Crippen molar-refractivity contribution in [2.24, 2.45) is 5.41 Å². The predicted molar refractivity (Wildman–Crippen MR) is 80.8 cm³/mol. The van der Waals surface area contributed by atoms with E-state index < -0.39 is 0 Å². The van der Waals surface area contributed by atoms with E-state index in [4.69, 9.17) is 0 Å². The zero-order valence-corrected chi connectivity index (χ0v) is 13.8. The topological polar surface area (TPSA) is 29.9 Å². The van der Waals surface area contributed by atoms with Gasteiger partial charge in [0.2, 0.25) is 0 Å². The third-order valence-corrected chi connectivity index (χ3v) is 4.06. The van der Waals surface area contributed by atoms with Crippen LogP contribution in [0.4, 0.5) is 0 Å². The van der Waals surface area contributed by atoms with Crippen LogP contribution >= 0.6 is 15.9 Å². The number of aromatic nitrogens is 2. The lowest BCUT2D eigenvalue weighted by atomic mass is 9.84. The quantitative estimate of drug-likeness (QED) is 0.869. The maximum Gasteiger partial charge on any atom is 0.0635 e. The number of hydrogen-bond donors (Lipinski definition) is 1. The molecule has 0 amide bonds. The Balaban J connectivity index is 2.70. The molecule has 0 aliphatic rings. The summed E-state index contributed by atoms with van der Waals surface area (Å²) in [6.07, 6.45) is 5.23. The Kier molecular flexibility index (Phi) is 5.86. The lowest BCUT2D eigenvalue weighted by molar-refractivity contribution is 0.266. The maximum absolute atomic E-state index is 4.42. The fourth-order valence-electron chi connectivity index (χ4n) is 2.33. The molecule has 0 saturated carbocycles. The summed E-state index contributed by atoms with van der Waals surface area (Å²) in [5, 5.41) is 7.85. The molecule has 1 atom stereocenters. The van der Waals surface area contributed by atoms with Crippen molar-refractivity contribution < 1.29 is 0 Å². The van der Waals surface area contributed by atoms with E-state index >= 15 is 0 Å². The second-order valence-electron chi connectivity index (χ2n) is 5.91. The van der Waals surface area contributed by atoms with Gasteiger partial charge in [0.1, 0.15) is 0 Å². The maximum atomic E-state index is 4.42. The van der Waals surface area contributed by atoms with Gasteiger partial charge in [0.25, 0.3) is 0 Å². The van der Waals surface area contributed by atoms with Gasteiger partial charge >= 0.3 is 0 Å². The Hall–Kier alpha value is -0.350. The van der Waals surface area contributed by atoms with E-state index in [2.05, 4.69) is 58.7 Å². The van der Waals surface area contributed by atoms with Gasteiger partial charge in [-0.25, -0.2) is 0 Å². The molecule has 0 radical (unpaired) electrons. The number of halogens is 1. The lowest BCUT2D eigenvalue weighted by Crippen LogP contribution is -2.38. The van der Waals surface area contributed by atoms with Gasteiger partial charge in [0, 0.05) is 12.6 Å². The number of aryl methyl sites for hydroxylation is 1. The van der Waals surface area contributed by atoms with Gasteiger partial charge in [0.15, 0.2) is 0 Å². The first kappa shape index (κ1) is 15.7. The highest BCUT2D eigenvalue weighted by molar-refractivity contribution is 9.10. The van der Waals surface area contributed by atoms with Crippen molar-refractivity contribution in [1.82, 2.24) is 15.1 Å².